The van der Waals surface area contributed by atoms with E-state index < -0.39 is 0 Å². The topological polar surface area (TPSA) is 60.1 Å². The minimum atomic E-state index is -0.130. The molecule has 0 bridgehead atoms. The average molecular weight is 323 g/mol. The van der Waals surface area contributed by atoms with Crippen LogP contribution in [-0.4, -0.2) is 15.7 Å². The van der Waals surface area contributed by atoms with Crippen molar-refractivity contribution >= 4 is 5.91 Å². The highest BCUT2D eigenvalue weighted by Crippen LogP contribution is 2.19. The number of hydrogen-bond donors (Lipinski definition) is 1. The van der Waals surface area contributed by atoms with Crippen LogP contribution in [0.5, 0.6) is 0 Å². The van der Waals surface area contributed by atoms with Crippen molar-refractivity contribution in [3.05, 3.63) is 71.4 Å². The zero-order chi connectivity index (χ0) is 16.9. The number of aromatic nitrogens is 2. The second kappa shape index (κ2) is 7.17. The van der Waals surface area contributed by atoms with Crippen molar-refractivity contribution in [3.63, 3.8) is 0 Å². The van der Waals surface area contributed by atoms with Gasteiger partial charge in [-0.3, -0.25) is 4.79 Å². The number of hydrogen-bond acceptors (Lipinski definition) is 3. The Bertz CT molecular complexity index is 819. The highest BCUT2D eigenvalue weighted by Gasteiger charge is 2.18. The normalized spacial score (nSPS) is 10.8. The molecule has 0 radical (unpaired) electrons. The largest absolute Gasteiger partial charge is 0.467 e. The Morgan fingerprint density at radius 2 is 2.08 bits per heavy atom. The van der Waals surface area contributed by atoms with Crippen LogP contribution in [0, 0.1) is 6.92 Å². The van der Waals surface area contributed by atoms with E-state index in [1.807, 2.05) is 41.9 Å². The molecule has 0 unspecified atom stereocenters. The Morgan fingerprint density at radius 1 is 1.25 bits per heavy atom. The van der Waals surface area contributed by atoms with E-state index in [0.29, 0.717) is 12.1 Å². The van der Waals surface area contributed by atoms with Crippen LogP contribution < -0.4 is 5.32 Å². The van der Waals surface area contributed by atoms with Crippen LogP contribution in [0.2, 0.25) is 0 Å². The van der Waals surface area contributed by atoms with E-state index in [0.717, 1.165) is 35.5 Å². The molecule has 0 saturated heterocycles. The standard InChI is InChI=1S/C19H21N3O2/c1-3-7-18-16(19(23)20-12-15-9-6-11-24-15)13-21-22(18)17-10-5-4-8-14(17)2/h4-6,8-11,13H,3,7,12H2,1-2H3,(H,20,23). The number of para-hydroxylation sites is 1. The van der Waals surface area contributed by atoms with E-state index in [2.05, 4.69) is 17.3 Å². The third-order valence-electron chi connectivity index (χ3n) is 3.95. The average Bonchev–Trinajstić information content (AvgIpc) is 3.23. The summed E-state index contributed by atoms with van der Waals surface area (Å²) in [4.78, 5) is 12.6. The smallest absolute Gasteiger partial charge is 0.255 e. The van der Waals surface area contributed by atoms with E-state index in [-0.39, 0.29) is 5.91 Å². The van der Waals surface area contributed by atoms with Crippen molar-refractivity contribution in [3.8, 4) is 5.69 Å². The number of carbonyl (C=O) groups excluding carboxylic acids is 1. The fourth-order valence-electron chi connectivity index (χ4n) is 2.73. The zero-order valence-corrected chi connectivity index (χ0v) is 14.0. The van der Waals surface area contributed by atoms with Gasteiger partial charge in [-0.05, 0) is 37.1 Å². The number of nitrogens with zero attached hydrogens (tertiary/aromatic N) is 2. The Balaban J connectivity index is 1.88. The molecule has 1 amide bonds. The quantitative estimate of drug-likeness (QED) is 0.753. The molecular weight excluding hydrogens is 302 g/mol. The highest BCUT2D eigenvalue weighted by atomic mass is 16.3. The predicted molar refractivity (Wildman–Crippen MR) is 92.2 cm³/mol. The van der Waals surface area contributed by atoms with Crippen LogP contribution in [-0.2, 0) is 13.0 Å². The van der Waals surface area contributed by atoms with Gasteiger partial charge in [-0.1, -0.05) is 31.5 Å². The summed E-state index contributed by atoms with van der Waals surface area (Å²) in [5.41, 5.74) is 3.68. The molecule has 0 spiro atoms. The molecule has 2 heterocycles. The summed E-state index contributed by atoms with van der Waals surface area (Å²) < 4.78 is 7.13. The fourth-order valence-corrected chi connectivity index (χ4v) is 2.73. The van der Waals surface area contributed by atoms with Gasteiger partial charge in [-0.15, -0.1) is 0 Å². The fraction of sp³-hybridized carbons (Fsp3) is 0.263. The minimum Gasteiger partial charge on any atom is -0.467 e. The van der Waals surface area contributed by atoms with Gasteiger partial charge in [0.2, 0.25) is 0 Å². The lowest BCUT2D eigenvalue weighted by atomic mass is 10.1. The van der Waals surface area contributed by atoms with Crippen LogP contribution in [0.4, 0.5) is 0 Å². The Labute approximate surface area is 141 Å². The van der Waals surface area contributed by atoms with Gasteiger partial charge in [-0.25, -0.2) is 4.68 Å². The number of carbonyl (C=O) groups is 1. The molecule has 5 heteroatoms. The van der Waals surface area contributed by atoms with E-state index >= 15 is 0 Å². The van der Waals surface area contributed by atoms with Gasteiger partial charge < -0.3 is 9.73 Å². The van der Waals surface area contributed by atoms with Crippen LogP contribution in [0.25, 0.3) is 5.69 Å². The Hall–Kier alpha value is -2.82. The van der Waals surface area contributed by atoms with E-state index in [1.54, 1.807) is 18.5 Å². The number of amides is 1. The maximum absolute atomic E-state index is 12.6. The molecule has 0 saturated carbocycles. The van der Waals surface area contributed by atoms with Crippen molar-refractivity contribution in [2.24, 2.45) is 0 Å². The molecule has 0 atom stereocenters. The Kier molecular flexibility index (Phi) is 4.79. The summed E-state index contributed by atoms with van der Waals surface area (Å²) in [7, 11) is 0. The number of benzene rings is 1. The summed E-state index contributed by atoms with van der Waals surface area (Å²) in [6.07, 6.45) is 4.98. The SMILES string of the molecule is CCCc1c(C(=O)NCc2ccco2)cnn1-c1ccccc1C. The first-order chi connectivity index (χ1) is 11.7. The van der Waals surface area contributed by atoms with Crippen LogP contribution in [0.3, 0.4) is 0 Å². The first kappa shape index (κ1) is 16.1. The molecule has 0 fully saturated rings. The highest BCUT2D eigenvalue weighted by molar-refractivity contribution is 5.95. The van der Waals surface area contributed by atoms with Gasteiger partial charge in [0.1, 0.15) is 5.76 Å². The van der Waals surface area contributed by atoms with E-state index in [9.17, 15) is 4.79 Å². The maximum Gasteiger partial charge on any atom is 0.255 e. The molecule has 5 nitrogen and oxygen atoms in total. The predicted octanol–water partition coefficient (Wildman–Crippen LogP) is 3.66. The van der Waals surface area contributed by atoms with Crippen molar-refractivity contribution in [2.45, 2.75) is 33.2 Å². The van der Waals surface area contributed by atoms with Crippen LogP contribution >= 0.6 is 0 Å². The third kappa shape index (κ3) is 3.25. The number of nitrogens with one attached hydrogen (secondary N) is 1. The molecule has 0 aliphatic rings. The van der Waals surface area contributed by atoms with Gasteiger partial charge in [-0.2, -0.15) is 5.10 Å². The van der Waals surface area contributed by atoms with E-state index in [1.165, 1.54) is 0 Å². The zero-order valence-electron chi connectivity index (χ0n) is 14.0. The van der Waals surface area contributed by atoms with Crippen molar-refractivity contribution in [1.82, 2.24) is 15.1 Å². The van der Waals surface area contributed by atoms with Gasteiger partial charge in [0.25, 0.3) is 5.91 Å². The second-order valence-corrected chi connectivity index (χ2v) is 5.72. The van der Waals surface area contributed by atoms with Crippen molar-refractivity contribution in [1.29, 1.82) is 0 Å². The van der Waals surface area contributed by atoms with Crippen molar-refractivity contribution in [2.75, 3.05) is 0 Å². The Morgan fingerprint density at radius 3 is 2.79 bits per heavy atom. The summed E-state index contributed by atoms with van der Waals surface area (Å²) in [6.45, 7) is 4.51. The first-order valence-electron chi connectivity index (χ1n) is 8.14. The maximum atomic E-state index is 12.6. The molecule has 0 aliphatic heterocycles. The minimum absolute atomic E-state index is 0.130. The molecular formula is C19H21N3O2. The summed E-state index contributed by atoms with van der Waals surface area (Å²) in [5, 5.41) is 7.36. The van der Waals surface area contributed by atoms with Gasteiger partial charge in [0.05, 0.1) is 35.9 Å². The summed E-state index contributed by atoms with van der Waals surface area (Å²) in [5.74, 6) is 0.598. The van der Waals surface area contributed by atoms with Gasteiger partial charge in [0, 0.05) is 0 Å². The van der Waals surface area contributed by atoms with Gasteiger partial charge >= 0.3 is 0 Å². The number of rotatable bonds is 6. The molecule has 24 heavy (non-hydrogen) atoms. The lowest BCUT2D eigenvalue weighted by Gasteiger charge is -2.11. The monoisotopic (exact) mass is 323 g/mol. The van der Waals surface area contributed by atoms with E-state index in [4.69, 9.17) is 4.42 Å². The number of furan rings is 1. The summed E-state index contributed by atoms with van der Waals surface area (Å²) >= 11 is 0. The molecule has 124 valence electrons. The van der Waals surface area contributed by atoms with Crippen molar-refractivity contribution < 1.29 is 9.21 Å². The van der Waals surface area contributed by atoms with Crippen LogP contribution in [0.1, 0.15) is 40.7 Å². The molecule has 1 N–H and O–H groups in total. The molecule has 3 aromatic rings. The van der Waals surface area contributed by atoms with Crippen LogP contribution in [0.15, 0.2) is 53.3 Å². The molecule has 0 aliphatic carbocycles. The lowest BCUT2D eigenvalue weighted by molar-refractivity contribution is 0.0947. The molecule has 2 aromatic heterocycles. The lowest BCUT2D eigenvalue weighted by Crippen LogP contribution is -2.23. The summed E-state index contributed by atoms with van der Waals surface area (Å²) in [6, 6.07) is 11.7. The third-order valence-corrected chi connectivity index (χ3v) is 3.95. The van der Waals surface area contributed by atoms with Gasteiger partial charge in [0.15, 0.2) is 0 Å². The number of aryl methyl sites for hydroxylation is 1. The molecule has 1 aromatic carbocycles. The first-order valence-corrected chi connectivity index (χ1v) is 8.14. The second-order valence-electron chi connectivity index (χ2n) is 5.72. The molecule has 3 rings (SSSR count).